The number of carbonyl (C=O) groups excluding carboxylic acids is 1. The molecule has 1 amide bonds. The van der Waals surface area contributed by atoms with E-state index >= 15 is 0 Å². The summed E-state index contributed by atoms with van der Waals surface area (Å²) in [5.74, 6) is -0.0196. The van der Waals surface area contributed by atoms with Crippen molar-refractivity contribution in [2.24, 2.45) is 0 Å². The van der Waals surface area contributed by atoms with Gasteiger partial charge < -0.3 is 4.90 Å². The minimum atomic E-state index is -0.0196. The van der Waals surface area contributed by atoms with Crippen molar-refractivity contribution in [2.75, 3.05) is 38.3 Å². The van der Waals surface area contributed by atoms with Crippen LogP contribution in [-0.2, 0) is 0 Å². The summed E-state index contributed by atoms with van der Waals surface area (Å²) in [6.07, 6.45) is 2.85. The predicted molar refractivity (Wildman–Crippen MR) is 125 cm³/mol. The molecule has 0 aliphatic rings. The molecule has 0 aliphatic heterocycles. The Hall–Kier alpha value is -1.31. The highest BCUT2D eigenvalue weighted by atomic mass is 35.5. The van der Waals surface area contributed by atoms with Crippen LogP contribution in [0.4, 0.5) is 5.13 Å². The minimum Gasteiger partial charge on any atom is -0.309 e. The molecule has 0 saturated carbocycles. The zero-order chi connectivity index (χ0) is 19.4. The maximum absolute atomic E-state index is 13.4. The molecule has 8 heteroatoms. The molecule has 4 nitrogen and oxygen atoms in total. The number of aromatic nitrogens is 1. The molecular weight excluding hydrogens is 433 g/mol. The summed E-state index contributed by atoms with van der Waals surface area (Å²) in [6, 6.07) is 13.4. The monoisotopic (exact) mass is 455 g/mol. The minimum absolute atomic E-state index is 0. The van der Waals surface area contributed by atoms with Crippen LogP contribution >= 0.6 is 47.1 Å². The van der Waals surface area contributed by atoms with Crippen LogP contribution in [0.3, 0.4) is 0 Å². The third-order valence-electron chi connectivity index (χ3n) is 4.16. The van der Waals surface area contributed by atoms with Gasteiger partial charge in [-0.25, -0.2) is 4.98 Å². The van der Waals surface area contributed by atoms with Crippen LogP contribution in [0.15, 0.2) is 47.4 Å². The van der Waals surface area contributed by atoms with Crippen molar-refractivity contribution in [3.63, 3.8) is 0 Å². The van der Waals surface area contributed by atoms with Crippen molar-refractivity contribution in [2.45, 2.75) is 11.3 Å². The van der Waals surface area contributed by atoms with Gasteiger partial charge in [0.05, 0.1) is 15.3 Å². The van der Waals surface area contributed by atoms with Gasteiger partial charge in [0, 0.05) is 11.4 Å². The number of para-hydroxylation sites is 1. The molecule has 1 heterocycles. The normalized spacial score (nSPS) is 10.9. The first-order chi connectivity index (χ1) is 13.0. The number of thiazole rings is 1. The molecular formula is C20H23Cl2N3OS2. The molecule has 0 fully saturated rings. The average molecular weight is 456 g/mol. The molecule has 0 spiro atoms. The zero-order valence-corrected chi connectivity index (χ0v) is 19.2. The van der Waals surface area contributed by atoms with Gasteiger partial charge in [-0.1, -0.05) is 41.1 Å². The number of anilines is 1. The number of hydrogen-bond acceptors (Lipinski definition) is 5. The summed E-state index contributed by atoms with van der Waals surface area (Å²) in [5.41, 5.74) is 1.46. The third-order valence-corrected chi connectivity index (χ3v) is 6.30. The summed E-state index contributed by atoms with van der Waals surface area (Å²) in [6.45, 7) is 1.51. The lowest BCUT2D eigenvalue weighted by atomic mass is 10.2. The maximum atomic E-state index is 13.4. The third kappa shape index (κ3) is 5.19. The molecule has 0 saturated heterocycles. The number of halogens is 2. The largest absolute Gasteiger partial charge is 0.309 e. The second-order valence-corrected chi connectivity index (χ2v) is 8.66. The standard InChI is InChI=1S/C20H22ClN3OS2.ClH/c1-23(2)12-7-13-24(19(25)14-8-4-5-10-16(14)26-3)20-22-18-15(21)9-6-11-17(18)27-20;/h4-6,8-11H,7,12-13H2,1-3H3;1H. The molecule has 1 aromatic heterocycles. The number of carbonyl (C=O) groups is 1. The fourth-order valence-electron chi connectivity index (χ4n) is 2.81. The van der Waals surface area contributed by atoms with Gasteiger partial charge in [0.25, 0.3) is 5.91 Å². The summed E-state index contributed by atoms with van der Waals surface area (Å²) in [7, 11) is 4.07. The van der Waals surface area contributed by atoms with E-state index in [1.165, 1.54) is 11.3 Å². The summed E-state index contributed by atoms with van der Waals surface area (Å²) in [5, 5.41) is 1.30. The highest BCUT2D eigenvalue weighted by Crippen LogP contribution is 2.34. The molecule has 3 aromatic rings. The van der Waals surface area contributed by atoms with Crippen LogP contribution < -0.4 is 4.90 Å². The van der Waals surface area contributed by atoms with E-state index < -0.39 is 0 Å². The van der Waals surface area contributed by atoms with Crippen molar-refractivity contribution >= 4 is 68.4 Å². The highest BCUT2D eigenvalue weighted by Gasteiger charge is 2.23. The van der Waals surface area contributed by atoms with E-state index in [1.807, 2.05) is 62.8 Å². The summed E-state index contributed by atoms with van der Waals surface area (Å²) >= 11 is 9.38. The second kappa shape index (κ2) is 10.5. The molecule has 28 heavy (non-hydrogen) atoms. The first kappa shape index (κ1) is 23.0. The molecule has 2 aromatic carbocycles. The Bertz CT molecular complexity index is 946. The van der Waals surface area contributed by atoms with E-state index in [9.17, 15) is 4.79 Å². The van der Waals surface area contributed by atoms with Crippen LogP contribution in [0.5, 0.6) is 0 Å². The Balaban J connectivity index is 0.00000280. The fourth-order valence-corrected chi connectivity index (χ4v) is 4.69. The van der Waals surface area contributed by atoms with Crippen molar-refractivity contribution < 1.29 is 4.79 Å². The molecule has 0 radical (unpaired) electrons. The highest BCUT2D eigenvalue weighted by molar-refractivity contribution is 7.98. The Morgan fingerprint density at radius 2 is 1.89 bits per heavy atom. The van der Waals surface area contributed by atoms with Gasteiger partial charge in [-0.2, -0.15) is 0 Å². The molecule has 0 aliphatic carbocycles. The Labute approximate surface area is 185 Å². The van der Waals surface area contributed by atoms with Gasteiger partial charge in [-0.15, -0.1) is 24.2 Å². The van der Waals surface area contributed by atoms with Gasteiger partial charge >= 0.3 is 0 Å². The van der Waals surface area contributed by atoms with Gasteiger partial charge in [0.15, 0.2) is 5.13 Å². The topological polar surface area (TPSA) is 36.4 Å². The number of benzene rings is 2. The van der Waals surface area contributed by atoms with Crippen molar-refractivity contribution in [3.8, 4) is 0 Å². The Kier molecular flexibility index (Phi) is 8.58. The first-order valence-corrected chi connectivity index (χ1v) is 11.1. The number of amides is 1. The van der Waals surface area contributed by atoms with E-state index in [0.29, 0.717) is 22.3 Å². The number of hydrogen-bond donors (Lipinski definition) is 0. The lowest BCUT2D eigenvalue weighted by Gasteiger charge is -2.22. The predicted octanol–water partition coefficient (Wildman–Crippen LogP) is 5.69. The van der Waals surface area contributed by atoms with Crippen LogP contribution in [-0.4, -0.2) is 49.2 Å². The lowest BCUT2D eigenvalue weighted by Crippen LogP contribution is -2.33. The average Bonchev–Trinajstić information content (AvgIpc) is 3.10. The van der Waals surface area contributed by atoms with Crippen molar-refractivity contribution in [3.05, 3.63) is 53.1 Å². The van der Waals surface area contributed by atoms with Crippen LogP contribution in [0.25, 0.3) is 10.2 Å². The Morgan fingerprint density at radius 3 is 2.57 bits per heavy atom. The smallest absolute Gasteiger partial charge is 0.261 e. The molecule has 0 unspecified atom stereocenters. The maximum Gasteiger partial charge on any atom is 0.261 e. The van der Waals surface area contributed by atoms with E-state index in [2.05, 4.69) is 9.88 Å². The molecule has 150 valence electrons. The number of thioether (sulfide) groups is 1. The van der Waals surface area contributed by atoms with E-state index in [0.717, 1.165) is 28.1 Å². The van der Waals surface area contributed by atoms with Crippen LogP contribution in [0, 0.1) is 0 Å². The molecule has 3 rings (SSSR count). The van der Waals surface area contributed by atoms with Gasteiger partial charge in [0.2, 0.25) is 0 Å². The fraction of sp³-hybridized carbons (Fsp3) is 0.300. The van der Waals surface area contributed by atoms with Crippen LogP contribution in [0.1, 0.15) is 16.8 Å². The summed E-state index contributed by atoms with van der Waals surface area (Å²) < 4.78 is 0.987. The zero-order valence-electron chi connectivity index (χ0n) is 16.0. The lowest BCUT2D eigenvalue weighted by molar-refractivity contribution is 0.0983. The SMILES string of the molecule is CSc1ccccc1C(=O)N(CCCN(C)C)c1nc2c(Cl)cccc2s1.Cl. The van der Waals surface area contributed by atoms with Gasteiger partial charge in [0.1, 0.15) is 5.52 Å². The first-order valence-electron chi connectivity index (χ1n) is 8.66. The van der Waals surface area contributed by atoms with Gasteiger partial charge in [-0.3, -0.25) is 9.69 Å². The molecule has 0 atom stereocenters. The summed E-state index contributed by atoms with van der Waals surface area (Å²) in [4.78, 5) is 23.0. The van der Waals surface area contributed by atoms with Crippen LogP contribution in [0.2, 0.25) is 5.02 Å². The second-order valence-electron chi connectivity index (χ2n) is 6.40. The number of nitrogens with zero attached hydrogens (tertiary/aromatic N) is 3. The van der Waals surface area contributed by atoms with E-state index in [1.54, 1.807) is 16.7 Å². The van der Waals surface area contributed by atoms with Gasteiger partial charge in [-0.05, 0) is 57.6 Å². The molecule has 0 N–H and O–H groups in total. The quantitative estimate of drug-likeness (QED) is 0.428. The van der Waals surface area contributed by atoms with Crippen molar-refractivity contribution in [1.82, 2.24) is 9.88 Å². The van der Waals surface area contributed by atoms with Crippen molar-refractivity contribution in [1.29, 1.82) is 0 Å². The van der Waals surface area contributed by atoms with E-state index in [4.69, 9.17) is 11.6 Å². The number of rotatable bonds is 7. The Morgan fingerprint density at radius 1 is 1.14 bits per heavy atom. The number of fused-ring (bicyclic) bond motifs is 1. The van der Waals surface area contributed by atoms with E-state index in [-0.39, 0.29) is 18.3 Å². The molecule has 0 bridgehead atoms.